The molecule has 0 saturated carbocycles. The van der Waals surface area contributed by atoms with E-state index in [1.54, 1.807) is 17.0 Å². The number of para-hydroxylation sites is 1. The molecule has 190 valence electrons. The van der Waals surface area contributed by atoms with E-state index in [1.807, 2.05) is 52.0 Å². The number of hydrogen-bond donors (Lipinski definition) is 1. The second kappa shape index (κ2) is 11.4. The fourth-order valence-electron chi connectivity index (χ4n) is 4.11. The van der Waals surface area contributed by atoms with Gasteiger partial charge in [-0.05, 0) is 51.5 Å². The Morgan fingerprint density at radius 2 is 1.72 bits per heavy atom. The number of carbonyl (C=O) groups is 2. The van der Waals surface area contributed by atoms with Crippen molar-refractivity contribution in [1.82, 2.24) is 10.2 Å². The van der Waals surface area contributed by atoms with Crippen molar-refractivity contribution in [3.05, 3.63) is 52.5 Å². The number of nitrogens with one attached hydrogen (secondary N) is 1. The van der Waals surface area contributed by atoms with Crippen LogP contribution in [-0.2, 0) is 4.79 Å². The maximum Gasteiger partial charge on any atom is 0.257 e. The van der Waals surface area contributed by atoms with Gasteiger partial charge in [0.15, 0.2) is 11.5 Å². The fraction of sp³-hybridized carbons (Fsp3) is 0.385. The minimum absolute atomic E-state index is 0.0522. The summed E-state index contributed by atoms with van der Waals surface area (Å²) in [6.07, 6.45) is 0.352. The summed E-state index contributed by atoms with van der Waals surface area (Å²) in [4.78, 5) is 27.6. The average molecular weight is 511 g/mol. The van der Waals surface area contributed by atoms with Crippen LogP contribution in [0.1, 0.15) is 54.0 Å². The van der Waals surface area contributed by atoms with Gasteiger partial charge >= 0.3 is 0 Å². The molecule has 9 nitrogen and oxygen atoms in total. The number of nitrogens with zero attached hydrogens (tertiary/aromatic N) is 3. The smallest absolute Gasteiger partial charge is 0.257 e. The minimum Gasteiger partial charge on any atom is -0.490 e. The van der Waals surface area contributed by atoms with Gasteiger partial charge in [-0.1, -0.05) is 29.5 Å². The van der Waals surface area contributed by atoms with Gasteiger partial charge in [0.2, 0.25) is 16.8 Å². The number of aryl methyl sites for hydroxylation is 1. The van der Waals surface area contributed by atoms with E-state index in [0.717, 1.165) is 11.3 Å². The summed E-state index contributed by atoms with van der Waals surface area (Å²) in [6.45, 7) is 9.37. The number of anilines is 2. The van der Waals surface area contributed by atoms with Crippen molar-refractivity contribution < 1.29 is 23.8 Å². The lowest BCUT2D eigenvalue weighted by atomic mass is 10.1. The monoisotopic (exact) mass is 510 g/mol. The van der Waals surface area contributed by atoms with Crippen LogP contribution in [0.4, 0.5) is 10.8 Å². The van der Waals surface area contributed by atoms with Gasteiger partial charge in [0.25, 0.3) is 5.91 Å². The molecular weight excluding hydrogens is 480 g/mol. The molecule has 1 aromatic heterocycles. The van der Waals surface area contributed by atoms with Gasteiger partial charge in [-0.25, -0.2) is 0 Å². The van der Waals surface area contributed by atoms with E-state index < -0.39 is 0 Å². The first-order valence-electron chi connectivity index (χ1n) is 12.0. The third-order valence-electron chi connectivity index (χ3n) is 5.71. The van der Waals surface area contributed by atoms with Crippen LogP contribution in [0.2, 0.25) is 0 Å². The number of carbonyl (C=O) groups excluding carboxylic acids is 2. The number of hydrogen-bond acceptors (Lipinski definition) is 8. The lowest BCUT2D eigenvalue weighted by Crippen LogP contribution is -2.25. The second-order valence-electron chi connectivity index (χ2n) is 8.19. The van der Waals surface area contributed by atoms with Gasteiger partial charge in [-0.15, -0.1) is 10.2 Å². The molecule has 0 aliphatic carbocycles. The first kappa shape index (κ1) is 25.4. The Bertz CT molecular complexity index is 1220. The topological polar surface area (TPSA) is 103 Å². The maximum absolute atomic E-state index is 13.1. The molecule has 1 fully saturated rings. The molecule has 3 aromatic rings. The van der Waals surface area contributed by atoms with Crippen molar-refractivity contribution >= 4 is 34.0 Å². The highest BCUT2D eigenvalue weighted by atomic mass is 32.1. The molecule has 2 heterocycles. The SMILES string of the molecule is CCOc1cc(C(=O)Nc2nnc(C3CC(=O)N(c4ccccc4C)C3)s2)cc(OCC)c1OCC. The standard InChI is InChI=1S/C26H30N4O5S/c1-5-33-20-12-17(13-21(34-6-2)23(20)35-7-3)24(32)27-26-29-28-25(36-26)18-14-22(31)30(15-18)19-11-9-8-10-16(19)4/h8-13,18H,5-7,14-15H2,1-4H3,(H,27,29,32). The zero-order valence-corrected chi connectivity index (χ0v) is 21.7. The van der Waals surface area contributed by atoms with E-state index in [-0.39, 0.29) is 17.7 Å². The first-order valence-corrected chi connectivity index (χ1v) is 12.8. The summed E-state index contributed by atoms with van der Waals surface area (Å²) in [5.41, 5.74) is 2.31. The minimum atomic E-state index is -0.369. The molecule has 2 aromatic carbocycles. The Hall–Kier alpha value is -3.66. The molecule has 0 spiro atoms. The van der Waals surface area contributed by atoms with Crippen molar-refractivity contribution in [3.8, 4) is 17.2 Å². The van der Waals surface area contributed by atoms with Gasteiger partial charge < -0.3 is 19.1 Å². The van der Waals surface area contributed by atoms with Gasteiger partial charge in [-0.2, -0.15) is 0 Å². The van der Waals surface area contributed by atoms with Crippen molar-refractivity contribution in [2.45, 2.75) is 40.0 Å². The van der Waals surface area contributed by atoms with E-state index in [0.29, 0.717) is 65.7 Å². The lowest BCUT2D eigenvalue weighted by Gasteiger charge is -2.18. The van der Waals surface area contributed by atoms with Crippen LogP contribution >= 0.6 is 11.3 Å². The molecule has 10 heteroatoms. The molecule has 0 bridgehead atoms. The first-order chi connectivity index (χ1) is 17.4. The molecule has 0 radical (unpaired) electrons. The number of benzene rings is 2. The van der Waals surface area contributed by atoms with Gasteiger partial charge in [0.05, 0.1) is 19.8 Å². The maximum atomic E-state index is 13.1. The summed E-state index contributed by atoms with van der Waals surface area (Å²) < 4.78 is 17.1. The average Bonchev–Trinajstić information content (AvgIpc) is 3.48. The number of amides is 2. The van der Waals surface area contributed by atoms with E-state index in [2.05, 4.69) is 15.5 Å². The van der Waals surface area contributed by atoms with Crippen molar-refractivity contribution in [1.29, 1.82) is 0 Å². The van der Waals surface area contributed by atoms with Crippen molar-refractivity contribution in [2.24, 2.45) is 0 Å². The Kier molecular flexibility index (Phi) is 8.04. The molecule has 4 rings (SSSR count). The predicted molar refractivity (Wildman–Crippen MR) is 139 cm³/mol. The van der Waals surface area contributed by atoms with Crippen LogP contribution in [-0.4, -0.2) is 48.4 Å². The highest BCUT2D eigenvalue weighted by Gasteiger charge is 2.34. The highest BCUT2D eigenvalue weighted by molar-refractivity contribution is 7.15. The summed E-state index contributed by atoms with van der Waals surface area (Å²) in [7, 11) is 0. The largest absolute Gasteiger partial charge is 0.490 e. The Morgan fingerprint density at radius 1 is 1.06 bits per heavy atom. The van der Waals surface area contributed by atoms with E-state index in [4.69, 9.17) is 14.2 Å². The van der Waals surface area contributed by atoms with E-state index >= 15 is 0 Å². The van der Waals surface area contributed by atoms with E-state index in [9.17, 15) is 9.59 Å². The normalized spacial score (nSPS) is 15.2. The van der Waals surface area contributed by atoms with Gasteiger partial charge in [0, 0.05) is 30.1 Å². The summed E-state index contributed by atoms with van der Waals surface area (Å²) in [5.74, 6) is 0.950. The van der Waals surface area contributed by atoms with Crippen LogP contribution in [0.25, 0.3) is 0 Å². The van der Waals surface area contributed by atoms with Crippen LogP contribution in [0.5, 0.6) is 17.2 Å². The molecule has 1 atom stereocenters. The van der Waals surface area contributed by atoms with Gasteiger partial charge in [0.1, 0.15) is 5.01 Å². The molecular formula is C26H30N4O5S. The van der Waals surface area contributed by atoms with Crippen LogP contribution in [0.3, 0.4) is 0 Å². The molecule has 1 saturated heterocycles. The third kappa shape index (κ3) is 5.43. The summed E-state index contributed by atoms with van der Waals surface area (Å²) >= 11 is 1.28. The third-order valence-corrected chi connectivity index (χ3v) is 6.71. The van der Waals surface area contributed by atoms with Crippen molar-refractivity contribution in [2.75, 3.05) is 36.6 Å². The zero-order chi connectivity index (χ0) is 25.7. The van der Waals surface area contributed by atoms with E-state index in [1.165, 1.54) is 11.3 Å². The van der Waals surface area contributed by atoms with Crippen LogP contribution in [0.15, 0.2) is 36.4 Å². The quantitative estimate of drug-likeness (QED) is 0.417. The Balaban J connectivity index is 1.50. The summed E-state index contributed by atoms with van der Waals surface area (Å²) in [6, 6.07) is 11.1. The number of rotatable bonds is 10. The summed E-state index contributed by atoms with van der Waals surface area (Å²) in [5, 5.41) is 12.3. The molecule has 1 unspecified atom stereocenters. The van der Waals surface area contributed by atoms with Crippen molar-refractivity contribution in [3.63, 3.8) is 0 Å². The molecule has 36 heavy (non-hydrogen) atoms. The predicted octanol–water partition coefficient (Wildman–Crippen LogP) is 4.82. The number of ether oxygens (including phenoxy) is 3. The van der Waals surface area contributed by atoms with Crippen LogP contribution in [0, 0.1) is 6.92 Å². The van der Waals surface area contributed by atoms with Gasteiger partial charge in [-0.3, -0.25) is 14.9 Å². The number of aromatic nitrogens is 2. The Morgan fingerprint density at radius 3 is 2.36 bits per heavy atom. The molecule has 1 aliphatic heterocycles. The lowest BCUT2D eigenvalue weighted by molar-refractivity contribution is -0.117. The highest BCUT2D eigenvalue weighted by Crippen LogP contribution is 2.40. The Labute approximate surface area is 214 Å². The molecule has 2 amide bonds. The fourth-order valence-corrected chi connectivity index (χ4v) is 4.94. The van der Waals surface area contributed by atoms with Crippen LogP contribution < -0.4 is 24.4 Å². The molecule has 1 aliphatic rings. The molecule has 1 N–H and O–H groups in total. The second-order valence-corrected chi connectivity index (χ2v) is 9.20. The zero-order valence-electron chi connectivity index (χ0n) is 20.9.